The lowest BCUT2D eigenvalue weighted by atomic mass is 10.1. The maximum atomic E-state index is 6.47. The molecule has 6 rings (SSSR count). The van der Waals surface area contributed by atoms with E-state index in [2.05, 4.69) is 110 Å². The van der Waals surface area contributed by atoms with Gasteiger partial charge >= 0.3 is 0 Å². The van der Waals surface area contributed by atoms with Gasteiger partial charge in [0.25, 0.3) is 0 Å². The number of benzene rings is 4. The summed E-state index contributed by atoms with van der Waals surface area (Å²) < 4.78 is 6.47. The molecule has 2 heterocycles. The zero-order chi connectivity index (χ0) is 22.0. The molecular weight excluding hydrogens is 392 g/mol. The summed E-state index contributed by atoms with van der Waals surface area (Å²) in [7, 11) is 0. The summed E-state index contributed by atoms with van der Waals surface area (Å²) in [6, 6.07) is 28.0. The fourth-order valence-electron chi connectivity index (χ4n) is 5.36. The summed E-state index contributed by atoms with van der Waals surface area (Å²) in [6.45, 7) is 8.86. The van der Waals surface area contributed by atoms with Crippen molar-refractivity contribution in [2.24, 2.45) is 0 Å². The van der Waals surface area contributed by atoms with Crippen molar-refractivity contribution in [3.05, 3.63) is 95.6 Å². The number of nitrogens with zero attached hydrogens (tertiary/aromatic N) is 2. The van der Waals surface area contributed by atoms with Crippen molar-refractivity contribution in [3.8, 4) is 0 Å². The van der Waals surface area contributed by atoms with Crippen molar-refractivity contribution in [1.82, 2.24) is 0 Å². The number of hydrogen-bond donors (Lipinski definition) is 0. The Bertz CT molecular complexity index is 1480. The predicted molar refractivity (Wildman–Crippen MR) is 135 cm³/mol. The van der Waals surface area contributed by atoms with Crippen molar-refractivity contribution in [2.75, 3.05) is 9.80 Å². The molecule has 0 saturated carbocycles. The third-order valence-corrected chi connectivity index (χ3v) is 6.79. The van der Waals surface area contributed by atoms with Crippen molar-refractivity contribution in [1.29, 1.82) is 0 Å². The molecule has 1 aromatic heterocycles. The van der Waals surface area contributed by atoms with Crippen LogP contribution in [0.1, 0.15) is 23.6 Å². The summed E-state index contributed by atoms with van der Waals surface area (Å²) in [5.41, 5.74) is 10.5. The molecule has 3 heteroatoms. The highest BCUT2D eigenvalue weighted by molar-refractivity contribution is 6.11. The molecule has 1 atom stereocenters. The number of hydrogen-bond acceptors (Lipinski definition) is 3. The summed E-state index contributed by atoms with van der Waals surface area (Å²) in [5, 5.41) is 2.33. The van der Waals surface area contributed by atoms with E-state index < -0.39 is 0 Å². The quantitative estimate of drug-likeness (QED) is 0.288. The minimum absolute atomic E-state index is 0.102. The van der Waals surface area contributed by atoms with Crippen LogP contribution in [-0.2, 0) is 0 Å². The van der Waals surface area contributed by atoms with Gasteiger partial charge in [0.2, 0.25) is 0 Å². The van der Waals surface area contributed by atoms with E-state index in [-0.39, 0.29) is 6.17 Å². The first-order chi connectivity index (χ1) is 15.6. The fourth-order valence-corrected chi connectivity index (χ4v) is 5.36. The van der Waals surface area contributed by atoms with Crippen molar-refractivity contribution in [2.45, 2.75) is 33.9 Å². The average molecular weight is 419 g/mol. The molecule has 0 amide bonds. The Kier molecular flexibility index (Phi) is 4.09. The molecule has 4 aromatic carbocycles. The van der Waals surface area contributed by atoms with Crippen molar-refractivity contribution >= 4 is 44.7 Å². The van der Waals surface area contributed by atoms with Crippen LogP contribution in [0.3, 0.4) is 0 Å². The van der Waals surface area contributed by atoms with Gasteiger partial charge in [0.1, 0.15) is 11.7 Å². The topological polar surface area (TPSA) is 19.6 Å². The third kappa shape index (κ3) is 2.54. The van der Waals surface area contributed by atoms with E-state index in [9.17, 15) is 0 Å². The lowest BCUT2D eigenvalue weighted by Gasteiger charge is -2.32. The second kappa shape index (κ2) is 6.89. The van der Waals surface area contributed by atoms with Gasteiger partial charge in [-0.25, -0.2) is 0 Å². The molecule has 0 radical (unpaired) electrons. The number of fused-ring (bicyclic) bond motifs is 4. The Morgan fingerprint density at radius 3 is 1.91 bits per heavy atom. The monoisotopic (exact) mass is 418 g/mol. The first kappa shape index (κ1) is 19.0. The summed E-state index contributed by atoms with van der Waals surface area (Å²) >= 11 is 0. The molecular formula is C29H26N2O. The van der Waals surface area contributed by atoms with Crippen LogP contribution in [0.15, 0.2) is 83.3 Å². The molecule has 1 unspecified atom stereocenters. The molecule has 0 N–H and O–H groups in total. The van der Waals surface area contributed by atoms with Gasteiger partial charge in [0.15, 0.2) is 5.58 Å². The van der Waals surface area contributed by atoms with Crippen molar-refractivity contribution in [3.63, 3.8) is 0 Å². The van der Waals surface area contributed by atoms with E-state index in [1.165, 1.54) is 33.8 Å². The number of rotatable bonds is 2. The average Bonchev–Trinajstić information content (AvgIpc) is 3.30. The number of anilines is 4. The minimum atomic E-state index is 0.102. The minimum Gasteiger partial charge on any atom is -0.454 e. The maximum Gasteiger partial charge on any atom is 0.159 e. The molecule has 0 saturated heterocycles. The largest absolute Gasteiger partial charge is 0.454 e. The zero-order valence-electron chi connectivity index (χ0n) is 18.9. The lowest BCUT2D eigenvalue weighted by Crippen LogP contribution is -2.36. The zero-order valence-corrected chi connectivity index (χ0v) is 18.9. The van der Waals surface area contributed by atoms with Crippen LogP contribution >= 0.6 is 0 Å². The van der Waals surface area contributed by atoms with Gasteiger partial charge in [-0.15, -0.1) is 0 Å². The molecule has 158 valence electrons. The molecule has 32 heavy (non-hydrogen) atoms. The van der Waals surface area contributed by atoms with Crippen LogP contribution in [0.5, 0.6) is 0 Å². The van der Waals surface area contributed by atoms with E-state index in [4.69, 9.17) is 4.42 Å². The second-order valence-corrected chi connectivity index (χ2v) is 8.81. The summed E-state index contributed by atoms with van der Waals surface area (Å²) in [5.74, 6) is 0. The fraction of sp³-hybridized carbons (Fsp3) is 0.172. The van der Waals surface area contributed by atoms with Gasteiger partial charge in [-0.2, -0.15) is 0 Å². The SMILES string of the molecule is Cc1cccc(C)c1N1c2ccccc2N(c2c(C)ccc3c2oc2ccccc23)C1C. The summed E-state index contributed by atoms with van der Waals surface area (Å²) in [4.78, 5) is 4.92. The van der Waals surface area contributed by atoms with Crippen LogP contribution < -0.4 is 9.80 Å². The normalized spacial score (nSPS) is 15.7. The highest BCUT2D eigenvalue weighted by Gasteiger charge is 2.37. The third-order valence-electron chi connectivity index (χ3n) is 6.79. The first-order valence-electron chi connectivity index (χ1n) is 11.2. The number of furan rings is 1. The number of para-hydroxylation sites is 4. The standard InChI is InChI=1S/C29H26N2O/c1-18-10-9-11-19(2)27(18)30-21(4)31(25-14-7-6-13-24(25)30)28-20(3)16-17-23-22-12-5-8-15-26(22)32-29(23)28/h5-17,21H,1-4H3. The maximum absolute atomic E-state index is 6.47. The summed E-state index contributed by atoms with van der Waals surface area (Å²) in [6.07, 6.45) is 0.102. The van der Waals surface area contributed by atoms with Gasteiger partial charge in [0.05, 0.1) is 17.1 Å². The van der Waals surface area contributed by atoms with E-state index in [0.717, 1.165) is 27.6 Å². The van der Waals surface area contributed by atoms with Gasteiger partial charge in [-0.3, -0.25) is 0 Å². The Hall–Kier alpha value is -3.72. The van der Waals surface area contributed by atoms with Crippen LogP contribution in [0.4, 0.5) is 22.7 Å². The van der Waals surface area contributed by atoms with Crippen LogP contribution in [-0.4, -0.2) is 6.17 Å². The number of aryl methyl sites for hydroxylation is 3. The molecule has 0 fully saturated rings. The van der Waals surface area contributed by atoms with Gasteiger partial charge in [-0.1, -0.05) is 60.7 Å². The molecule has 5 aromatic rings. The lowest BCUT2D eigenvalue weighted by molar-refractivity contribution is 0.663. The second-order valence-electron chi connectivity index (χ2n) is 8.81. The van der Waals surface area contributed by atoms with Gasteiger partial charge in [0, 0.05) is 16.5 Å². The Balaban J connectivity index is 1.64. The molecule has 0 spiro atoms. The molecule has 1 aliphatic heterocycles. The van der Waals surface area contributed by atoms with E-state index in [1.807, 2.05) is 6.07 Å². The highest BCUT2D eigenvalue weighted by atomic mass is 16.3. The van der Waals surface area contributed by atoms with E-state index >= 15 is 0 Å². The van der Waals surface area contributed by atoms with E-state index in [0.29, 0.717) is 0 Å². The van der Waals surface area contributed by atoms with Crippen LogP contribution in [0.25, 0.3) is 21.9 Å². The highest BCUT2D eigenvalue weighted by Crippen LogP contribution is 2.51. The van der Waals surface area contributed by atoms with Gasteiger partial charge in [-0.05, 0) is 62.6 Å². The van der Waals surface area contributed by atoms with Crippen LogP contribution in [0.2, 0.25) is 0 Å². The van der Waals surface area contributed by atoms with Gasteiger partial charge < -0.3 is 14.2 Å². The Labute approximate surface area is 188 Å². The first-order valence-corrected chi connectivity index (χ1v) is 11.2. The van der Waals surface area contributed by atoms with Crippen LogP contribution in [0, 0.1) is 20.8 Å². The molecule has 0 bridgehead atoms. The Morgan fingerprint density at radius 2 is 1.19 bits per heavy atom. The molecule has 3 nitrogen and oxygen atoms in total. The predicted octanol–water partition coefficient (Wildman–Crippen LogP) is 8.15. The van der Waals surface area contributed by atoms with E-state index in [1.54, 1.807) is 0 Å². The molecule has 0 aliphatic carbocycles. The molecule has 1 aliphatic rings. The Morgan fingerprint density at radius 1 is 0.594 bits per heavy atom. The van der Waals surface area contributed by atoms with Crippen molar-refractivity contribution < 1.29 is 4.42 Å². The smallest absolute Gasteiger partial charge is 0.159 e.